The molecule has 1 saturated carbocycles. The van der Waals surface area contributed by atoms with Crippen LogP contribution in [0.1, 0.15) is 60.3 Å². The number of nitrogens with zero attached hydrogens (tertiary/aromatic N) is 5. The summed E-state index contributed by atoms with van der Waals surface area (Å²) in [4.78, 5) is 49.0. The number of carbonyl (C=O) groups is 3. The molecule has 11 heteroatoms. The van der Waals surface area contributed by atoms with Gasteiger partial charge in [-0.2, -0.15) is 5.26 Å². The normalized spacial score (nSPS) is 22.4. The van der Waals surface area contributed by atoms with Gasteiger partial charge < -0.3 is 9.47 Å². The number of fused-ring (bicyclic) bond motifs is 1. The first-order valence-electron chi connectivity index (χ1n) is 12.4. The average Bonchev–Trinajstić information content (AvgIpc) is 3.22. The van der Waals surface area contributed by atoms with Crippen LogP contribution in [0.25, 0.3) is 0 Å². The third-order valence-corrected chi connectivity index (χ3v) is 7.23. The molecule has 0 bridgehead atoms. The summed E-state index contributed by atoms with van der Waals surface area (Å²) < 4.78 is 11.1. The number of anilines is 2. The van der Waals surface area contributed by atoms with E-state index in [2.05, 4.69) is 28.3 Å². The summed E-state index contributed by atoms with van der Waals surface area (Å²) in [7, 11) is 0. The fourth-order valence-electron chi connectivity index (χ4n) is 4.77. The predicted molar refractivity (Wildman–Crippen MR) is 132 cm³/mol. The summed E-state index contributed by atoms with van der Waals surface area (Å²) in [6.07, 6.45) is 5.03. The lowest BCUT2D eigenvalue weighted by Gasteiger charge is -2.34. The van der Waals surface area contributed by atoms with Crippen LogP contribution in [0.5, 0.6) is 5.75 Å². The number of cyclic esters (lactones) is 1. The molecule has 4 heterocycles. The van der Waals surface area contributed by atoms with Crippen molar-refractivity contribution in [3.05, 3.63) is 40.7 Å². The van der Waals surface area contributed by atoms with Crippen LogP contribution in [0.2, 0.25) is 0 Å². The Morgan fingerprint density at radius 1 is 1.35 bits per heavy atom. The number of hydrogen-bond acceptors (Lipinski definition) is 8. The van der Waals surface area contributed by atoms with E-state index in [0.717, 1.165) is 18.4 Å². The number of aromatic nitrogens is 2. The van der Waals surface area contributed by atoms with E-state index < -0.39 is 12.1 Å². The number of urea groups is 1. The second-order valence-corrected chi connectivity index (χ2v) is 9.76. The van der Waals surface area contributed by atoms with E-state index in [4.69, 9.17) is 9.47 Å². The topological polar surface area (TPSA) is 138 Å². The number of aryl methyl sites for hydroxylation is 1. The van der Waals surface area contributed by atoms with Gasteiger partial charge in [0, 0.05) is 18.2 Å². The van der Waals surface area contributed by atoms with Crippen molar-refractivity contribution < 1.29 is 23.9 Å². The largest absolute Gasteiger partial charge is 0.489 e. The molecule has 192 valence electrons. The van der Waals surface area contributed by atoms with E-state index in [1.807, 2.05) is 13.0 Å². The number of ether oxygens (including phenoxy) is 2. The second-order valence-electron chi connectivity index (χ2n) is 9.76. The van der Waals surface area contributed by atoms with Crippen LogP contribution in [-0.2, 0) is 17.7 Å². The number of hydrogen-bond donors (Lipinski definition) is 1. The third-order valence-electron chi connectivity index (χ3n) is 7.23. The highest BCUT2D eigenvalue weighted by Crippen LogP contribution is 2.33. The van der Waals surface area contributed by atoms with Crippen molar-refractivity contribution in [1.82, 2.24) is 14.9 Å². The van der Waals surface area contributed by atoms with Crippen molar-refractivity contribution in [2.45, 2.75) is 58.2 Å². The highest BCUT2D eigenvalue weighted by atomic mass is 16.6. The highest BCUT2D eigenvalue weighted by molar-refractivity contribution is 6.01. The zero-order chi connectivity index (χ0) is 26.1. The fraction of sp³-hybridized carbons (Fsp3) is 0.462. The summed E-state index contributed by atoms with van der Waals surface area (Å²) in [5.41, 5.74) is 1.91. The Kier molecular flexibility index (Phi) is 6.65. The molecule has 1 unspecified atom stereocenters. The van der Waals surface area contributed by atoms with Crippen LogP contribution in [0.4, 0.5) is 21.2 Å². The molecule has 0 spiro atoms. The zero-order valence-electron chi connectivity index (χ0n) is 20.8. The Hall–Kier alpha value is -4.20. The van der Waals surface area contributed by atoms with Gasteiger partial charge in [0.15, 0.2) is 6.29 Å². The molecule has 11 nitrogen and oxygen atoms in total. The number of rotatable bonds is 6. The van der Waals surface area contributed by atoms with Gasteiger partial charge in [-0.3, -0.25) is 19.9 Å². The number of nitrogens with one attached hydrogen (secondary N) is 1. The maximum absolute atomic E-state index is 13.3. The molecular weight excluding hydrogens is 476 g/mol. The summed E-state index contributed by atoms with van der Waals surface area (Å²) in [6.45, 7) is 4.90. The SMILES string of the molecule is CC1COC(=O)N1Cc1cc2c(nc1C=O)N(C(=O)Nc1cc(O[C@H]3CC[C@@H]3C)c(C#N)cn1)CCC2. The van der Waals surface area contributed by atoms with Crippen molar-refractivity contribution in [1.29, 1.82) is 5.26 Å². The standard InChI is InChI=1S/C26H28N6O5/c1-15-5-6-21(15)37-22-9-23(28-11-19(22)10-27)30-25(34)31-7-3-4-17-8-18(20(13-33)29-24(17)31)12-32-16(2)14-36-26(32)35/h8-9,11,13,15-16,21H,3-7,12,14H2,1-2H3,(H,28,30,34)/t15-,16?,21-/m0/s1. The van der Waals surface area contributed by atoms with Crippen LogP contribution >= 0.6 is 0 Å². The minimum absolute atomic E-state index is 0.0394. The van der Waals surface area contributed by atoms with Gasteiger partial charge in [-0.25, -0.2) is 19.6 Å². The van der Waals surface area contributed by atoms with Gasteiger partial charge in [0.2, 0.25) is 0 Å². The van der Waals surface area contributed by atoms with E-state index in [1.165, 1.54) is 11.1 Å². The fourth-order valence-corrected chi connectivity index (χ4v) is 4.77. The second kappa shape index (κ2) is 10.0. The third kappa shape index (κ3) is 4.79. The predicted octanol–water partition coefficient (Wildman–Crippen LogP) is 3.66. The number of nitriles is 1. The Morgan fingerprint density at radius 3 is 2.84 bits per heavy atom. The zero-order valence-corrected chi connectivity index (χ0v) is 20.8. The molecule has 1 N–H and O–H groups in total. The van der Waals surface area contributed by atoms with Gasteiger partial charge in [-0.15, -0.1) is 0 Å². The van der Waals surface area contributed by atoms with Gasteiger partial charge in [0.25, 0.3) is 0 Å². The van der Waals surface area contributed by atoms with Gasteiger partial charge in [-0.1, -0.05) is 6.92 Å². The molecule has 0 radical (unpaired) electrons. The van der Waals surface area contributed by atoms with Crippen LogP contribution in [0, 0.1) is 17.2 Å². The van der Waals surface area contributed by atoms with E-state index in [9.17, 15) is 19.6 Å². The Morgan fingerprint density at radius 2 is 2.19 bits per heavy atom. The number of carbonyl (C=O) groups excluding carboxylic acids is 3. The monoisotopic (exact) mass is 504 g/mol. The smallest absolute Gasteiger partial charge is 0.410 e. The molecule has 37 heavy (non-hydrogen) atoms. The quantitative estimate of drug-likeness (QED) is 0.588. The number of aldehydes is 1. The molecule has 3 aliphatic rings. The van der Waals surface area contributed by atoms with Crippen LogP contribution < -0.4 is 15.0 Å². The highest BCUT2D eigenvalue weighted by Gasteiger charge is 2.32. The van der Waals surface area contributed by atoms with Crippen LogP contribution in [0.3, 0.4) is 0 Å². The molecule has 2 aliphatic heterocycles. The minimum atomic E-state index is -0.449. The molecule has 2 fully saturated rings. The Bertz CT molecular complexity index is 1290. The van der Waals surface area contributed by atoms with Gasteiger partial charge >= 0.3 is 12.1 Å². The lowest BCUT2D eigenvalue weighted by Crippen LogP contribution is -2.40. The molecule has 0 aromatic carbocycles. The van der Waals surface area contributed by atoms with Crippen molar-refractivity contribution >= 4 is 30.0 Å². The van der Waals surface area contributed by atoms with Gasteiger partial charge in [-0.05, 0) is 50.2 Å². The first-order valence-corrected chi connectivity index (χ1v) is 12.4. The minimum Gasteiger partial charge on any atom is -0.489 e. The van der Waals surface area contributed by atoms with Crippen molar-refractivity contribution in [2.24, 2.45) is 5.92 Å². The first kappa shape index (κ1) is 24.5. The summed E-state index contributed by atoms with van der Waals surface area (Å²) >= 11 is 0. The molecule has 3 atom stereocenters. The van der Waals surface area contributed by atoms with Crippen LogP contribution in [-0.4, -0.2) is 58.6 Å². The maximum Gasteiger partial charge on any atom is 0.410 e. The van der Waals surface area contributed by atoms with E-state index in [-0.39, 0.29) is 30.2 Å². The number of pyridine rings is 2. The lowest BCUT2D eigenvalue weighted by molar-refractivity contribution is 0.0574. The molecular formula is C26H28N6O5. The number of amides is 3. The maximum atomic E-state index is 13.3. The molecule has 5 rings (SSSR count). The van der Waals surface area contributed by atoms with Crippen molar-refractivity contribution in [3.63, 3.8) is 0 Å². The molecule has 2 aromatic heterocycles. The molecule has 3 amide bonds. The Labute approximate surface area is 214 Å². The van der Waals surface area contributed by atoms with Crippen molar-refractivity contribution in [2.75, 3.05) is 23.4 Å². The van der Waals surface area contributed by atoms with Crippen molar-refractivity contribution in [3.8, 4) is 11.8 Å². The van der Waals surface area contributed by atoms with E-state index in [0.29, 0.717) is 60.9 Å². The van der Waals surface area contributed by atoms with E-state index >= 15 is 0 Å². The van der Waals surface area contributed by atoms with Gasteiger partial charge in [0.1, 0.15) is 47.4 Å². The Balaban J connectivity index is 1.36. The summed E-state index contributed by atoms with van der Waals surface area (Å²) in [5.74, 6) is 1.46. The van der Waals surface area contributed by atoms with E-state index in [1.54, 1.807) is 11.0 Å². The molecule has 1 saturated heterocycles. The average molecular weight is 505 g/mol. The lowest BCUT2D eigenvalue weighted by atomic mass is 9.83. The molecule has 1 aliphatic carbocycles. The summed E-state index contributed by atoms with van der Waals surface area (Å²) in [5, 5.41) is 12.2. The van der Waals surface area contributed by atoms with Gasteiger partial charge in [0.05, 0.1) is 18.8 Å². The first-order chi connectivity index (χ1) is 17.9. The molecule has 2 aromatic rings. The summed E-state index contributed by atoms with van der Waals surface area (Å²) in [6, 6.07) is 4.94. The van der Waals surface area contributed by atoms with Crippen LogP contribution in [0.15, 0.2) is 18.3 Å².